The quantitative estimate of drug-likeness (QED) is 0.939. The fourth-order valence-corrected chi connectivity index (χ4v) is 3.44. The molecule has 1 saturated carbocycles. The van der Waals surface area contributed by atoms with E-state index < -0.39 is 0 Å². The minimum absolute atomic E-state index is 0.121. The number of nitrogens with zero attached hydrogens (tertiary/aromatic N) is 2. The monoisotopic (exact) mass is 311 g/mol. The molecule has 0 aliphatic heterocycles. The number of para-hydroxylation sites is 1. The molecule has 0 spiro atoms. The predicted molar refractivity (Wildman–Crippen MR) is 91.8 cm³/mol. The molecule has 0 unspecified atom stereocenters. The van der Waals surface area contributed by atoms with Crippen LogP contribution in [-0.4, -0.2) is 21.7 Å². The molecule has 0 radical (unpaired) electrons. The van der Waals surface area contributed by atoms with E-state index in [0.29, 0.717) is 12.5 Å². The summed E-state index contributed by atoms with van der Waals surface area (Å²) < 4.78 is 1.93. The van der Waals surface area contributed by atoms with Gasteiger partial charge in [-0.3, -0.25) is 4.79 Å². The minimum atomic E-state index is 0.121. The van der Waals surface area contributed by atoms with E-state index in [4.69, 9.17) is 0 Å². The van der Waals surface area contributed by atoms with Crippen molar-refractivity contribution in [2.75, 3.05) is 0 Å². The van der Waals surface area contributed by atoms with Crippen molar-refractivity contribution in [1.82, 2.24) is 15.1 Å². The summed E-state index contributed by atoms with van der Waals surface area (Å²) in [4.78, 5) is 12.4. The van der Waals surface area contributed by atoms with Gasteiger partial charge >= 0.3 is 0 Å². The predicted octanol–water partition coefficient (Wildman–Crippen LogP) is 3.48. The molecular formula is C19H25N3O. The Bertz CT molecular complexity index is 669. The third-order valence-electron chi connectivity index (χ3n) is 4.75. The van der Waals surface area contributed by atoms with E-state index in [2.05, 4.69) is 10.4 Å². The third-order valence-corrected chi connectivity index (χ3v) is 4.75. The average Bonchev–Trinajstić information content (AvgIpc) is 2.85. The summed E-state index contributed by atoms with van der Waals surface area (Å²) in [6.07, 6.45) is 6.42. The number of amides is 1. The zero-order valence-corrected chi connectivity index (χ0v) is 14.0. The van der Waals surface area contributed by atoms with Crippen molar-refractivity contribution in [3.05, 3.63) is 47.3 Å². The molecule has 122 valence electrons. The van der Waals surface area contributed by atoms with Crippen LogP contribution in [0.2, 0.25) is 0 Å². The fourth-order valence-electron chi connectivity index (χ4n) is 3.44. The van der Waals surface area contributed by atoms with Crippen molar-refractivity contribution in [2.24, 2.45) is 0 Å². The second-order valence-electron chi connectivity index (χ2n) is 6.48. The molecular weight excluding hydrogens is 286 g/mol. The van der Waals surface area contributed by atoms with Gasteiger partial charge in [0.05, 0.1) is 17.8 Å². The van der Waals surface area contributed by atoms with E-state index in [9.17, 15) is 4.79 Å². The molecule has 4 heteroatoms. The Kier molecular flexibility index (Phi) is 4.79. The summed E-state index contributed by atoms with van der Waals surface area (Å²) in [5, 5.41) is 7.81. The largest absolute Gasteiger partial charge is 0.353 e. The van der Waals surface area contributed by atoms with Gasteiger partial charge in [0.2, 0.25) is 5.91 Å². The van der Waals surface area contributed by atoms with E-state index in [1.54, 1.807) is 0 Å². The maximum atomic E-state index is 12.4. The zero-order valence-electron chi connectivity index (χ0n) is 14.0. The first-order valence-corrected chi connectivity index (χ1v) is 8.55. The lowest BCUT2D eigenvalue weighted by molar-refractivity contribution is -0.121. The first-order valence-electron chi connectivity index (χ1n) is 8.55. The summed E-state index contributed by atoms with van der Waals surface area (Å²) in [6, 6.07) is 10.4. The van der Waals surface area contributed by atoms with Crippen LogP contribution in [0.15, 0.2) is 30.3 Å². The van der Waals surface area contributed by atoms with Crippen LogP contribution in [0.5, 0.6) is 0 Å². The van der Waals surface area contributed by atoms with Crippen molar-refractivity contribution in [3.63, 3.8) is 0 Å². The van der Waals surface area contributed by atoms with E-state index in [1.807, 2.05) is 48.9 Å². The number of carbonyl (C=O) groups is 1. The average molecular weight is 311 g/mol. The molecule has 1 heterocycles. The minimum Gasteiger partial charge on any atom is -0.353 e. The van der Waals surface area contributed by atoms with E-state index in [0.717, 1.165) is 35.5 Å². The van der Waals surface area contributed by atoms with Gasteiger partial charge in [0.25, 0.3) is 0 Å². The van der Waals surface area contributed by atoms with E-state index >= 15 is 0 Å². The highest BCUT2D eigenvalue weighted by Crippen LogP contribution is 2.20. The molecule has 1 aliphatic carbocycles. The Hall–Kier alpha value is -2.10. The summed E-state index contributed by atoms with van der Waals surface area (Å²) in [5.74, 6) is 0.121. The molecule has 1 fully saturated rings. The van der Waals surface area contributed by atoms with Crippen LogP contribution in [-0.2, 0) is 11.2 Å². The van der Waals surface area contributed by atoms with Gasteiger partial charge < -0.3 is 5.32 Å². The molecule has 3 rings (SSSR count). The van der Waals surface area contributed by atoms with E-state index in [-0.39, 0.29) is 5.91 Å². The Labute approximate surface area is 137 Å². The number of hydrogen-bond acceptors (Lipinski definition) is 2. The SMILES string of the molecule is Cc1nn(-c2ccccc2)c(C)c1CC(=O)NC1CCCCC1. The van der Waals surface area contributed by atoms with E-state index in [1.165, 1.54) is 19.3 Å². The Morgan fingerprint density at radius 2 is 1.87 bits per heavy atom. The summed E-state index contributed by atoms with van der Waals surface area (Å²) in [6.45, 7) is 4.02. The number of carbonyl (C=O) groups excluding carboxylic acids is 1. The standard InChI is InChI=1S/C19H25N3O/c1-14-18(13-19(23)20-16-9-5-3-6-10-16)15(2)22(21-14)17-11-7-4-8-12-17/h4,7-8,11-12,16H,3,5-6,9-10,13H2,1-2H3,(H,20,23). The summed E-state index contributed by atoms with van der Waals surface area (Å²) >= 11 is 0. The number of benzene rings is 1. The number of aromatic nitrogens is 2. The van der Waals surface area contributed by atoms with Crippen molar-refractivity contribution in [1.29, 1.82) is 0 Å². The lowest BCUT2D eigenvalue weighted by Crippen LogP contribution is -2.37. The van der Waals surface area contributed by atoms with Gasteiger partial charge in [0.1, 0.15) is 0 Å². The number of rotatable bonds is 4. The van der Waals surface area contributed by atoms with Crippen molar-refractivity contribution in [3.8, 4) is 5.69 Å². The fraction of sp³-hybridized carbons (Fsp3) is 0.474. The van der Waals surface area contributed by atoms with Gasteiger partial charge in [0, 0.05) is 17.3 Å². The third kappa shape index (κ3) is 3.63. The van der Waals surface area contributed by atoms with Crippen LogP contribution < -0.4 is 5.32 Å². The Morgan fingerprint density at radius 3 is 2.57 bits per heavy atom. The van der Waals surface area contributed by atoms with Crippen molar-refractivity contribution in [2.45, 2.75) is 58.4 Å². The zero-order chi connectivity index (χ0) is 16.2. The normalized spacial score (nSPS) is 15.6. The maximum Gasteiger partial charge on any atom is 0.224 e. The van der Waals surface area contributed by atoms with Gasteiger partial charge in [-0.15, -0.1) is 0 Å². The molecule has 4 nitrogen and oxygen atoms in total. The molecule has 1 aromatic heterocycles. The van der Waals surface area contributed by atoms with Gasteiger partial charge in [-0.05, 0) is 38.8 Å². The summed E-state index contributed by atoms with van der Waals surface area (Å²) in [5.41, 5.74) is 4.06. The van der Waals surface area contributed by atoms with Gasteiger partial charge in [-0.1, -0.05) is 37.5 Å². The van der Waals surface area contributed by atoms with Crippen LogP contribution in [0.3, 0.4) is 0 Å². The Balaban J connectivity index is 1.73. The van der Waals surface area contributed by atoms with Crippen molar-refractivity contribution < 1.29 is 4.79 Å². The van der Waals surface area contributed by atoms with Crippen LogP contribution >= 0.6 is 0 Å². The molecule has 1 aromatic carbocycles. The van der Waals surface area contributed by atoms with Crippen LogP contribution in [0.25, 0.3) is 5.69 Å². The highest BCUT2D eigenvalue weighted by atomic mass is 16.1. The smallest absolute Gasteiger partial charge is 0.224 e. The first-order chi connectivity index (χ1) is 11.1. The second-order valence-corrected chi connectivity index (χ2v) is 6.48. The highest BCUT2D eigenvalue weighted by Gasteiger charge is 2.19. The maximum absolute atomic E-state index is 12.4. The van der Waals surface area contributed by atoms with Crippen molar-refractivity contribution >= 4 is 5.91 Å². The van der Waals surface area contributed by atoms with Gasteiger partial charge in [0.15, 0.2) is 0 Å². The number of aryl methyl sites for hydroxylation is 1. The lowest BCUT2D eigenvalue weighted by Gasteiger charge is -2.22. The van der Waals surface area contributed by atoms with Crippen LogP contribution in [0.4, 0.5) is 0 Å². The van der Waals surface area contributed by atoms with Gasteiger partial charge in [-0.2, -0.15) is 5.10 Å². The topological polar surface area (TPSA) is 46.9 Å². The van der Waals surface area contributed by atoms with Crippen LogP contribution in [0.1, 0.15) is 49.1 Å². The molecule has 0 bridgehead atoms. The number of hydrogen-bond donors (Lipinski definition) is 1. The summed E-state index contributed by atoms with van der Waals surface area (Å²) in [7, 11) is 0. The molecule has 2 aromatic rings. The lowest BCUT2D eigenvalue weighted by atomic mass is 9.95. The first kappa shape index (κ1) is 15.8. The molecule has 23 heavy (non-hydrogen) atoms. The highest BCUT2D eigenvalue weighted by molar-refractivity contribution is 5.79. The molecule has 1 aliphatic rings. The molecule has 1 N–H and O–H groups in total. The molecule has 0 saturated heterocycles. The second kappa shape index (κ2) is 6.99. The van der Waals surface area contributed by atoms with Gasteiger partial charge in [-0.25, -0.2) is 4.68 Å². The number of nitrogens with one attached hydrogen (secondary N) is 1. The molecule has 1 amide bonds. The molecule has 0 atom stereocenters. The van der Waals surface area contributed by atoms with Crippen LogP contribution in [0, 0.1) is 13.8 Å². The Morgan fingerprint density at radius 1 is 1.17 bits per heavy atom.